The van der Waals surface area contributed by atoms with Gasteiger partial charge in [-0.15, -0.1) is 30.7 Å². The molecule has 2 aromatic heterocycles. The van der Waals surface area contributed by atoms with E-state index in [2.05, 4.69) is 40.8 Å². The van der Waals surface area contributed by atoms with Gasteiger partial charge in [0.15, 0.2) is 16.3 Å². The van der Waals surface area contributed by atoms with E-state index >= 15 is 0 Å². The molecule has 0 amide bonds. The van der Waals surface area contributed by atoms with E-state index in [0.717, 1.165) is 35.0 Å². The highest BCUT2D eigenvalue weighted by Crippen LogP contribution is 2.47. The Morgan fingerprint density at radius 1 is 0.588 bits per heavy atom. The number of methoxy groups -OCH3 is 1. The molecule has 0 saturated heterocycles. The van der Waals surface area contributed by atoms with Crippen LogP contribution >= 0.6 is 11.3 Å². The molecule has 0 unspecified atom stereocenters. The summed E-state index contributed by atoms with van der Waals surface area (Å²) >= 11 is 0.716. The number of nitrogens with zero attached hydrogens (tertiary/aromatic N) is 9. The summed E-state index contributed by atoms with van der Waals surface area (Å²) in [5, 5.41) is 48.8. The van der Waals surface area contributed by atoms with Crippen molar-refractivity contribution >= 4 is 137 Å². The fourth-order valence-corrected chi connectivity index (χ4v) is 13.0. The van der Waals surface area contributed by atoms with Crippen molar-refractivity contribution in [3.8, 4) is 28.8 Å². The van der Waals surface area contributed by atoms with Gasteiger partial charge >= 0.3 is 0 Å². The van der Waals surface area contributed by atoms with E-state index in [9.17, 15) is 88.0 Å². The molecule has 0 atom stereocenters. The third kappa shape index (κ3) is 12.2. The fourth-order valence-electron chi connectivity index (χ4n) is 7.70. The molecule has 0 fully saturated rings. The second-order valence-electron chi connectivity index (χ2n) is 16.6. The highest BCUT2D eigenvalue weighted by molar-refractivity contribution is 7.87. The predicted molar refractivity (Wildman–Crippen MR) is 279 cm³/mol. The van der Waals surface area contributed by atoms with E-state index in [1.165, 1.54) is 51.3 Å². The summed E-state index contributed by atoms with van der Waals surface area (Å²) in [6.07, 6.45) is -0.299. The van der Waals surface area contributed by atoms with Gasteiger partial charge in [-0.3, -0.25) is 27.3 Å². The van der Waals surface area contributed by atoms with Crippen LogP contribution < -0.4 is 9.47 Å². The molecule has 0 aliphatic rings. The molecule has 8 aromatic rings. The summed E-state index contributed by atoms with van der Waals surface area (Å²) in [5.74, 6) is -3.19. The van der Waals surface area contributed by atoms with Crippen molar-refractivity contribution < 1.29 is 97.5 Å². The monoisotopic (exact) mass is 1240 g/mol. The molecule has 0 radical (unpaired) electrons. The number of rotatable bonds is 18. The number of fused-ring (bicyclic) bond motifs is 3. The summed E-state index contributed by atoms with van der Waals surface area (Å²) < 4.78 is 219. The molecule has 0 spiro atoms. The zero-order chi connectivity index (χ0) is 58.8. The highest BCUT2D eigenvalue weighted by atomic mass is 32.2. The molecule has 80 heavy (non-hydrogen) atoms. The number of azo groups is 3. The molecule has 2 heterocycles. The van der Waals surface area contributed by atoms with E-state index < -0.39 is 137 Å². The maximum Gasteiger partial charge on any atom is 0.299 e. The first-order chi connectivity index (χ1) is 37.0. The molecule has 0 aliphatic heterocycles. The topological polar surface area (TPSA) is 490 Å². The third-order valence-electron chi connectivity index (χ3n) is 11.2. The normalized spacial score (nSPS) is 13.3. The highest BCUT2D eigenvalue weighted by Gasteiger charge is 2.30. The van der Waals surface area contributed by atoms with Gasteiger partial charge in [0.25, 0.3) is 60.7 Å². The SMILES string of the molecule is COc1ccc2nc(N=Nc3cc(OCCCS(=O)(=O)O)c(N=Nc4c(S(=O)(=O)O)cc5c(S(=O)(=O)O)c(N=Nc6c(C)nn(-c7ccc8c(S(=O)(=O)O)cc(S(=O)(=O)O)cc8c7)c6O)ccc5c4O)cc3C)sc2c1S(=O)(=O)O. The van der Waals surface area contributed by atoms with E-state index in [0.29, 0.717) is 23.5 Å². The molecule has 31 nitrogen and oxygen atoms in total. The minimum atomic E-state index is -5.54. The van der Waals surface area contributed by atoms with Crippen LogP contribution in [0.15, 0.2) is 128 Å². The third-order valence-corrected chi connectivity index (χ3v) is 17.5. The predicted octanol–water partition coefficient (Wildman–Crippen LogP) is 7.96. The van der Waals surface area contributed by atoms with Crippen molar-refractivity contribution in [3.63, 3.8) is 0 Å². The Labute approximate surface area is 454 Å². The van der Waals surface area contributed by atoms with Crippen molar-refractivity contribution in [1.29, 1.82) is 0 Å². The molecular formula is C42H35N9O22S7. The second kappa shape index (κ2) is 21.1. The van der Waals surface area contributed by atoms with Gasteiger partial charge in [0.2, 0.25) is 11.0 Å². The number of aromatic hydroxyl groups is 2. The van der Waals surface area contributed by atoms with Crippen LogP contribution in [0.5, 0.6) is 23.1 Å². The zero-order valence-electron chi connectivity index (χ0n) is 40.2. The number of benzene rings is 6. The van der Waals surface area contributed by atoms with Gasteiger partial charge in [-0.05, 0) is 91.9 Å². The van der Waals surface area contributed by atoms with Crippen LogP contribution in [0, 0.1) is 13.8 Å². The molecule has 422 valence electrons. The Balaban J connectivity index is 1.19. The van der Waals surface area contributed by atoms with E-state index in [1.54, 1.807) is 0 Å². The maximum absolute atomic E-state index is 13.1. The number of hydrogen-bond donors (Lipinski definition) is 8. The fraction of sp³-hybridized carbons (Fsp3) is 0.143. The van der Waals surface area contributed by atoms with Crippen LogP contribution in [0.2, 0.25) is 0 Å². The second-order valence-corrected chi connectivity index (χ2v) is 26.1. The summed E-state index contributed by atoms with van der Waals surface area (Å²) in [6.45, 7) is 2.33. The van der Waals surface area contributed by atoms with Crippen molar-refractivity contribution in [1.82, 2.24) is 14.8 Å². The van der Waals surface area contributed by atoms with Crippen molar-refractivity contribution in [3.05, 3.63) is 84.1 Å². The van der Waals surface area contributed by atoms with Crippen LogP contribution in [0.3, 0.4) is 0 Å². The first-order valence-corrected chi connectivity index (χ1v) is 31.2. The van der Waals surface area contributed by atoms with E-state index in [1.807, 2.05) is 0 Å². The standard InChI is InChI=1S/C42H35N9O22S7/c1-19-13-30(32(73-11-4-12-75(54,55)56)18-29(19)45-49-42-43-27-9-10-31(72-3)40(38(27)74-42)80(69,70)71)46-48-36-34(78(63,64)65)17-26-25(37(36)52)7-8-28(39(26)79(66,67)68)44-47-35-20(2)50-51(41(35)53)22-5-6-24-21(14-22)15-23(76(57,58)59)16-33(24)77(60,61)62/h5-10,13-18,52-53H,4,11-12H2,1-3H3,(H,54,55,56)(H,57,58,59)(H,60,61,62)(H,63,64,65)(H,66,67,68)(H,69,70,71). The Morgan fingerprint density at radius 3 is 1.85 bits per heavy atom. The number of phenols is 1. The first kappa shape index (κ1) is 58.5. The van der Waals surface area contributed by atoms with Gasteiger partial charge < -0.3 is 19.7 Å². The minimum Gasteiger partial charge on any atom is -0.505 e. The summed E-state index contributed by atoms with van der Waals surface area (Å²) in [7, 11) is -29.2. The lowest BCUT2D eigenvalue weighted by Crippen LogP contribution is -2.08. The Morgan fingerprint density at radius 2 is 1.23 bits per heavy atom. The van der Waals surface area contributed by atoms with Gasteiger partial charge in [0.05, 0.1) is 51.7 Å². The number of aryl methyl sites for hydroxylation is 2. The summed E-state index contributed by atoms with van der Waals surface area (Å²) in [5.41, 5.74) is -2.43. The Hall–Kier alpha value is -7.60. The quantitative estimate of drug-likeness (QED) is 0.0229. The van der Waals surface area contributed by atoms with Gasteiger partial charge in [0, 0.05) is 22.2 Å². The van der Waals surface area contributed by atoms with Crippen molar-refractivity contribution in [2.24, 2.45) is 30.7 Å². The van der Waals surface area contributed by atoms with Crippen molar-refractivity contribution in [2.45, 2.75) is 44.7 Å². The lowest BCUT2D eigenvalue weighted by Gasteiger charge is -2.13. The average molecular weight is 1240 g/mol. The van der Waals surface area contributed by atoms with Crippen LogP contribution in [0.25, 0.3) is 37.4 Å². The number of aromatic nitrogens is 3. The smallest absolute Gasteiger partial charge is 0.299 e. The van der Waals surface area contributed by atoms with Gasteiger partial charge in [0.1, 0.15) is 43.2 Å². The Kier molecular flexibility index (Phi) is 15.5. The molecular weight excluding hydrogens is 1210 g/mol. The summed E-state index contributed by atoms with van der Waals surface area (Å²) in [6, 6.07) is 12.2. The largest absolute Gasteiger partial charge is 0.505 e. The number of thiazole rings is 1. The molecule has 0 bridgehead atoms. The number of ether oxygens (including phenoxy) is 2. The minimum absolute atomic E-state index is 0.0147. The van der Waals surface area contributed by atoms with Crippen LogP contribution in [0.4, 0.5) is 33.6 Å². The molecule has 38 heteroatoms. The van der Waals surface area contributed by atoms with Gasteiger partial charge in [-0.1, -0.05) is 17.4 Å². The molecule has 0 aliphatic carbocycles. The zero-order valence-corrected chi connectivity index (χ0v) is 45.9. The van der Waals surface area contributed by atoms with Crippen LogP contribution in [-0.2, 0) is 60.7 Å². The van der Waals surface area contributed by atoms with Gasteiger partial charge in [-0.2, -0.15) is 60.3 Å². The van der Waals surface area contributed by atoms with E-state index in [-0.39, 0.29) is 72.4 Å². The first-order valence-electron chi connectivity index (χ1n) is 21.6. The molecule has 8 rings (SSSR count). The lowest BCUT2D eigenvalue weighted by atomic mass is 10.1. The Bertz CT molecular complexity index is 4760. The van der Waals surface area contributed by atoms with Crippen molar-refractivity contribution in [2.75, 3.05) is 19.5 Å². The maximum atomic E-state index is 13.1. The van der Waals surface area contributed by atoms with Crippen LogP contribution in [0.1, 0.15) is 17.7 Å². The number of hydrogen-bond acceptors (Lipinski definition) is 25. The molecule has 6 aromatic carbocycles. The molecule has 8 N–H and O–H groups in total. The van der Waals surface area contributed by atoms with Crippen LogP contribution in [-0.4, -0.2) is 122 Å². The number of phenolic OH excluding ortho intramolecular Hbond substituents is 1. The van der Waals surface area contributed by atoms with E-state index in [4.69, 9.17) is 9.47 Å². The summed E-state index contributed by atoms with van der Waals surface area (Å²) in [4.78, 5) is -0.673. The molecule has 0 saturated carbocycles. The lowest BCUT2D eigenvalue weighted by molar-refractivity contribution is 0.317. The average Bonchev–Trinajstić information content (AvgIpc) is 3.93. The van der Waals surface area contributed by atoms with Gasteiger partial charge in [-0.25, -0.2) is 4.98 Å².